The highest BCUT2D eigenvalue weighted by Crippen LogP contribution is 2.04. The molecule has 1 unspecified atom stereocenters. The Bertz CT molecular complexity index is 406. The molecular formula is C14H24N4O. The van der Waals surface area contributed by atoms with E-state index in [0.29, 0.717) is 17.6 Å². The van der Waals surface area contributed by atoms with Crippen LogP contribution < -0.4 is 10.6 Å². The van der Waals surface area contributed by atoms with Crippen molar-refractivity contribution >= 4 is 11.9 Å². The number of hydrogen-bond acceptors (Lipinski definition) is 4. The molecule has 19 heavy (non-hydrogen) atoms. The lowest BCUT2D eigenvalue weighted by atomic mass is 10.1. The lowest BCUT2D eigenvalue weighted by molar-refractivity contribution is 0.0934. The van der Waals surface area contributed by atoms with Crippen LogP contribution in [0.5, 0.6) is 0 Å². The number of carbonyl (C=O) groups is 1. The molecule has 0 radical (unpaired) electrons. The summed E-state index contributed by atoms with van der Waals surface area (Å²) in [6.07, 6.45) is 3.55. The van der Waals surface area contributed by atoms with Gasteiger partial charge in [-0.2, -0.15) is 0 Å². The highest BCUT2D eigenvalue weighted by atomic mass is 16.1. The van der Waals surface area contributed by atoms with Crippen LogP contribution in [0.3, 0.4) is 0 Å². The third-order valence-electron chi connectivity index (χ3n) is 2.88. The van der Waals surface area contributed by atoms with Crippen molar-refractivity contribution in [2.24, 2.45) is 5.92 Å². The zero-order valence-corrected chi connectivity index (χ0v) is 12.2. The smallest absolute Gasteiger partial charge is 0.270 e. The van der Waals surface area contributed by atoms with Gasteiger partial charge in [0.05, 0.1) is 0 Å². The first-order valence-corrected chi connectivity index (χ1v) is 6.90. The number of rotatable bonds is 7. The summed E-state index contributed by atoms with van der Waals surface area (Å²) in [5.41, 5.74) is 0.405. The van der Waals surface area contributed by atoms with Gasteiger partial charge in [0, 0.05) is 18.8 Å². The molecule has 0 aliphatic heterocycles. The Morgan fingerprint density at radius 3 is 2.74 bits per heavy atom. The van der Waals surface area contributed by atoms with E-state index in [4.69, 9.17) is 0 Å². The van der Waals surface area contributed by atoms with Crippen molar-refractivity contribution in [1.82, 2.24) is 15.3 Å². The minimum Gasteiger partial charge on any atom is -0.354 e. The highest BCUT2D eigenvalue weighted by molar-refractivity contribution is 5.92. The molecule has 1 amide bonds. The molecule has 0 spiro atoms. The highest BCUT2D eigenvalue weighted by Gasteiger charge is 2.10. The summed E-state index contributed by atoms with van der Waals surface area (Å²) < 4.78 is 0. The van der Waals surface area contributed by atoms with Gasteiger partial charge in [-0.25, -0.2) is 9.97 Å². The second kappa shape index (κ2) is 7.71. The van der Waals surface area contributed by atoms with Crippen molar-refractivity contribution in [3.05, 3.63) is 18.0 Å². The third-order valence-corrected chi connectivity index (χ3v) is 2.88. The van der Waals surface area contributed by atoms with Crippen molar-refractivity contribution < 1.29 is 4.79 Å². The zero-order valence-electron chi connectivity index (χ0n) is 12.2. The topological polar surface area (TPSA) is 66.9 Å². The van der Waals surface area contributed by atoms with E-state index in [2.05, 4.69) is 34.4 Å². The molecule has 1 rings (SSSR count). The van der Waals surface area contributed by atoms with Gasteiger partial charge in [0.2, 0.25) is 5.95 Å². The number of anilines is 1. The Hall–Kier alpha value is -1.65. The van der Waals surface area contributed by atoms with Crippen LogP contribution in [0.2, 0.25) is 0 Å². The van der Waals surface area contributed by atoms with Gasteiger partial charge in [-0.15, -0.1) is 0 Å². The van der Waals surface area contributed by atoms with Gasteiger partial charge < -0.3 is 10.6 Å². The molecule has 5 nitrogen and oxygen atoms in total. The maximum absolute atomic E-state index is 11.9. The number of nitrogens with one attached hydrogen (secondary N) is 2. The summed E-state index contributed by atoms with van der Waals surface area (Å²) in [6, 6.07) is 1.78. The lowest BCUT2D eigenvalue weighted by Crippen LogP contribution is -2.32. The van der Waals surface area contributed by atoms with Crippen molar-refractivity contribution in [2.45, 2.75) is 46.6 Å². The van der Waals surface area contributed by atoms with Crippen molar-refractivity contribution in [3.63, 3.8) is 0 Å². The van der Waals surface area contributed by atoms with Crippen LogP contribution in [0.15, 0.2) is 12.3 Å². The van der Waals surface area contributed by atoms with Gasteiger partial charge in [-0.05, 0) is 31.7 Å². The molecule has 0 saturated heterocycles. The Morgan fingerprint density at radius 1 is 1.37 bits per heavy atom. The molecule has 106 valence electrons. The molecule has 5 heteroatoms. The first kappa shape index (κ1) is 15.4. The molecular weight excluding hydrogens is 240 g/mol. The fourth-order valence-corrected chi connectivity index (χ4v) is 1.44. The quantitative estimate of drug-likeness (QED) is 0.794. The number of aromatic nitrogens is 2. The Balaban J connectivity index is 2.58. The van der Waals surface area contributed by atoms with Crippen LogP contribution >= 0.6 is 0 Å². The largest absolute Gasteiger partial charge is 0.354 e. The number of hydrogen-bond donors (Lipinski definition) is 2. The van der Waals surface area contributed by atoms with E-state index in [9.17, 15) is 4.79 Å². The van der Waals surface area contributed by atoms with Crippen LogP contribution in [-0.4, -0.2) is 28.5 Å². The van der Waals surface area contributed by atoms with E-state index < -0.39 is 0 Å². The second-order valence-electron chi connectivity index (χ2n) is 5.16. The molecule has 0 aliphatic rings. The monoisotopic (exact) mass is 264 g/mol. The lowest BCUT2D eigenvalue weighted by Gasteiger charge is -2.11. The molecule has 0 bridgehead atoms. The molecule has 1 aromatic heterocycles. The van der Waals surface area contributed by atoms with Gasteiger partial charge >= 0.3 is 0 Å². The number of nitrogens with zero attached hydrogens (tertiary/aromatic N) is 2. The van der Waals surface area contributed by atoms with E-state index in [1.165, 1.54) is 0 Å². The first-order chi connectivity index (χ1) is 9.02. The molecule has 1 atom stereocenters. The predicted octanol–water partition coefficient (Wildman–Crippen LogP) is 2.46. The van der Waals surface area contributed by atoms with E-state index >= 15 is 0 Å². The summed E-state index contributed by atoms with van der Waals surface area (Å²) in [6.45, 7) is 9.15. The summed E-state index contributed by atoms with van der Waals surface area (Å²) in [7, 11) is 0. The van der Waals surface area contributed by atoms with Gasteiger partial charge in [0.1, 0.15) is 5.69 Å². The van der Waals surface area contributed by atoms with Gasteiger partial charge in [-0.1, -0.05) is 20.8 Å². The number of amides is 1. The SMILES string of the molecule is CCC(C)NC(=O)c1ccnc(NCCC(C)C)n1. The van der Waals surface area contributed by atoms with Gasteiger partial charge in [0.25, 0.3) is 5.91 Å². The van der Waals surface area contributed by atoms with E-state index in [-0.39, 0.29) is 11.9 Å². The summed E-state index contributed by atoms with van der Waals surface area (Å²) >= 11 is 0. The summed E-state index contributed by atoms with van der Waals surface area (Å²) in [5, 5.41) is 6.03. The second-order valence-corrected chi connectivity index (χ2v) is 5.16. The normalized spacial score (nSPS) is 12.3. The average Bonchev–Trinajstić information content (AvgIpc) is 2.38. The van der Waals surface area contributed by atoms with Crippen LogP contribution in [0, 0.1) is 5.92 Å². The Labute approximate surface area is 115 Å². The summed E-state index contributed by atoms with van der Waals surface area (Å²) in [4.78, 5) is 20.3. The van der Waals surface area contributed by atoms with Crippen LogP contribution in [-0.2, 0) is 0 Å². The zero-order chi connectivity index (χ0) is 14.3. The van der Waals surface area contributed by atoms with Gasteiger partial charge in [-0.3, -0.25) is 4.79 Å². The standard InChI is InChI=1S/C14H24N4O/c1-5-11(4)17-13(19)12-7-9-16-14(18-12)15-8-6-10(2)3/h7,9-11H,5-6,8H2,1-4H3,(H,17,19)(H,15,16,18). The van der Waals surface area contributed by atoms with E-state index in [0.717, 1.165) is 19.4 Å². The van der Waals surface area contributed by atoms with E-state index in [1.54, 1.807) is 12.3 Å². The minimum atomic E-state index is -0.149. The average molecular weight is 264 g/mol. The van der Waals surface area contributed by atoms with Gasteiger partial charge in [0.15, 0.2) is 0 Å². The Kier molecular flexibility index (Phi) is 6.25. The molecule has 0 aromatic carbocycles. The molecule has 1 heterocycles. The maximum Gasteiger partial charge on any atom is 0.270 e. The molecule has 0 saturated carbocycles. The van der Waals surface area contributed by atoms with Crippen molar-refractivity contribution in [2.75, 3.05) is 11.9 Å². The van der Waals surface area contributed by atoms with Crippen molar-refractivity contribution in [1.29, 1.82) is 0 Å². The summed E-state index contributed by atoms with van der Waals surface area (Å²) in [5.74, 6) is 0.991. The molecule has 0 fully saturated rings. The van der Waals surface area contributed by atoms with E-state index in [1.807, 2.05) is 13.8 Å². The van der Waals surface area contributed by atoms with Crippen LogP contribution in [0.25, 0.3) is 0 Å². The third kappa shape index (κ3) is 5.68. The fourth-order valence-electron chi connectivity index (χ4n) is 1.44. The first-order valence-electron chi connectivity index (χ1n) is 6.90. The predicted molar refractivity (Wildman–Crippen MR) is 77.2 cm³/mol. The van der Waals surface area contributed by atoms with Crippen LogP contribution in [0.4, 0.5) is 5.95 Å². The molecule has 1 aromatic rings. The number of carbonyl (C=O) groups excluding carboxylic acids is 1. The molecule has 2 N–H and O–H groups in total. The minimum absolute atomic E-state index is 0.149. The maximum atomic E-state index is 11.9. The van der Waals surface area contributed by atoms with Crippen molar-refractivity contribution in [3.8, 4) is 0 Å². The Morgan fingerprint density at radius 2 is 2.11 bits per heavy atom. The molecule has 0 aliphatic carbocycles. The van der Waals surface area contributed by atoms with Crippen LogP contribution in [0.1, 0.15) is 51.0 Å². The fraction of sp³-hybridized carbons (Fsp3) is 0.643.